The number of aromatic nitrogens is 2. The molecule has 4 rings (SSSR count). The van der Waals surface area contributed by atoms with Crippen LogP contribution >= 0.6 is 11.8 Å². The lowest BCUT2D eigenvalue weighted by Crippen LogP contribution is -2.37. The van der Waals surface area contributed by atoms with Crippen molar-refractivity contribution in [3.8, 4) is 11.5 Å². The number of thioether (sulfide) groups is 1. The molecular formula is C23H31N3O4S. The number of benzene rings is 1. The van der Waals surface area contributed by atoms with Crippen LogP contribution in [0.25, 0.3) is 0 Å². The molecule has 7 nitrogen and oxygen atoms in total. The van der Waals surface area contributed by atoms with E-state index in [1.807, 2.05) is 22.8 Å². The molecule has 8 heteroatoms. The maximum atomic E-state index is 12.9. The zero-order valence-electron chi connectivity index (χ0n) is 18.4. The molecule has 1 fully saturated rings. The fourth-order valence-corrected chi connectivity index (χ4v) is 5.32. The molecule has 1 aromatic heterocycles. The zero-order valence-corrected chi connectivity index (χ0v) is 19.2. The first kappa shape index (κ1) is 22.2. The second-order valence-electron chi connectivity index (χ2n) is 7.95. The maximum Gasteiger partial charge on any atom is 0.348 e. The number of hydrogen-bond donors (Lipinski definition) is 0. The Balaban J connectivity index is 1.45. The Morgan fingerprint density at radius 2 is 1.81 bits per heavy atom. The van der Waals surface area contributed by atoms with Crippen molar-refractivity contribution in [1.82, 2.24) is 14.5 Å². The van der Waals surface area contributed by atoms with Gasteiger partial charge in [0, 0.05) is 49.3 Å². The molecule has 2 aliphatic rings. The minimum absolute atomic E-state index is 0.117. The van der Waals surface area contributed by atoms with Crippen molar-refractivity contribution in [2.24, 2.45) is 0 Å². The highest BCUT2D eigenvalue weighted by molar-refractivity contribution is 7.98. The summed E-state index contributed by atoms with van der Waals surface area (Å²) in [5, 5.41) is 0.878. The summed E-state index contributed by atoms with van der Waals surface area (Å²) in [4.78, 5) is 19.8. The largest absolute Gasteiger partial charge is 0.497 e. The first-order valence-electron chi connectivity index (χ1n) is 11.0. The second kappa shape index (κ2) is 10.5. The SMILES string of the molecule is COc1cc(CSc2nc(=O)n(CCCN3CCOCC3)c3c2CCC3)cc(OC)c1. The van der Waals surface area contributed by atoms with E-state index in [-0.39, 0.29) is 5.69 Å². The molecule has 2 aromatic rings. The highest BCUT2D eigenvalue weighted by Gasteiger charge is 2.22. The van der Waals surface area contributed by atoms with E-state index in [1.165, 1.54) is 11.3 Å². The van der Waals surface area contributed by atoms with E-state index in [9.17, 15) is 4.79 Å². The Kier molecular flexibility index (Phi) is 7.53. The van der Waals surface area contributed by atoms with Crippen LogP contribution < -0.4 is 15.2 Å². The molecule has 2 heterocycles. The Bertz CT molecular complexity index is 934. The molecule has 0 spiro atoms. The van der Waals surface area contributed by atoms with E-state index in [2.05, 4.69) is 9.88 Å². The third kappa shape index (κ3) is 5.42. The van der Waals surface area contributed by atoms with Crippen molar-refractivity contribution in [2.45, 2.75) is 43.0 Å². The van der Waals surface area contributed by atoms with E-state index in [0.717, 1.165) is 87.2 Å². The fraction of sp³-hybridized carbons (Fsp3) is 0.565. The van der Waals surface area contributed by atoms with Crippen LogP contribution in [0, 0.1) is 0 Å². The number of ether oxygens (including phenoxy) is 3. The van der Waals surface area contributed by atoms with Crippen molar-refractivity contribution in [1.29, 1.82) is 0 Å². The topological polar surface area (TPSA) is 65.8 Å². The van der Waals surface area contributed by atoms with Gasteiger partial charge in [0.15, 0.2) is 0 Å². The number of morpholine rings is 1. The second-order valence-corrected chi connectivity index (χ2v) is 8.91. The molecule has 0 amide bonds. The summed E-state index contributed by atoms with van der Waals surface area (Å²) in [6.45, 7) is 5.32. The normalized spacial score (nSPS) is 16.3. The summed E-state index contributed by atoms with van der Waals surface area (Å²) >= 11 is 1.63. The molecular weight excluding hydrogens is 414 g/mol. The summed E-state index contributed by atoms with van der Waals surface area (Å²) in [5.41, 5.74) is 3.41. The molecule has 0 bridgehead atoms. The van der Waals surface area contributed by atoms with Gasteiger partial charge in [-0.3, -0.25) is 9.47 Å². The average molecular weight is 446 g/mol. The Morgan fingerprint density at radius 1 is 1.06 bits per heavy atom. The van der Waals surface area contributed by atoms with Gasteiger partial charge in [0.25, 0.3) is 0 Å². The Morgan fingerprint density at radius 3 is 2.52 bits per heavy atom. The van der Waals surface area contributed by atoms with Crippen molar-refractivity contribution < 1.29 is 14.2 Å². The first-order chi connectivity index (χ1) is 15.2. The molecule has 1 aliphatic heterocycles. The Labute approximate surface area is 187 Å². The highest BCUT2D eigenvalue weighted by Crippen LogP contribution is 2.33. The van der Waals surface area contributed by atoms with Crippen LogP contribution in [0.2, 0.25) is 0 Å². The number of nitrogens with zero attached hydrogens (tertiary/aromatic N) is 3. The highest BCUT2D eigenvalue weighted by atomic mass is 32.2. The van der Waals surface area contributed by atoms with Crippen LogP contribution in [0.15, 0.2) is 28.0 Å². The zero-order chi connectivity index (χ0) is 21.6. The lowest BCUT2D eigenvalue weighted by atomic mass is 10.2. The van der Waals surface area contributed by atoms with Crippen LogP contribution in [0.1, 0.15) is 29.7 Å². The number of fused-ring (bicyclic) bond motifs is 1. The van der Waals surface area contributed by atoms with Crippen LogP contribution in [0.3, 0.4) is 0 Å². The van der Waals surface area contributed by atoms with E-state index in [4.69, 9.17) is 14.2 Å². The quantitative estimate of drug-likeness (QED) is 0.434. The Hall–Kier alpha value is -2.03. The smallest absolute Gasteiger partial charge is 0.348 e. The minimum atomic E-state index is -0.117. The van der Waals surface area contributed by atoms with Gasteiger partial charge in [-0.05, 0) is 43.4 Å². The lowest BCUT2D eigenvalue weighted by Gasteiger charge is -2.26. The monoisotopic (exact) mass is 445 g/mol. The standard InChI is InChI=1S/C23H31N3O4S/c1-28-18-13-17(14-19(15-18)29-2)16-31-22-20-5-3-6-21(20)26(23(27)24-22)8-4-7-25-9-11-30-12-10-25/h13-15H,3-12,16H2,1-2H3. The molecule has 31 heavy (non-hydrogen) atoms. The van der Waals surface area contributed by atoms with Gasteiger partial charge in [0.05, 0.1) is 27.4 Å². The van der Waals surface area contributed by atoms with Gasteiger partial charge in [-0.2, -0.15) is 4.98 Å². The minimum Gasteiger partial charge on any atom is -0.497 e. The van der Waals surface area contributed by atoms with Crippen LogP contribution in [0.4, 0.5) is 0 Å². The molecule has 0 unspecified atom stereocenters. The molecule has 1 saturated heterocycles. The van der Waals surface area contributed by atoms with E-state index < -0.39 is 0 Å². The van der Waals surface area contributed by atoms with Crippen molar-refractivity contribution in [2.75, 3.05) is 47.1 Å². The summed E-state index contributed by atoms with van der Waals surface area (Å²) in [6.07, 6.45) is 4.01. The molecule has 0 N–H and O–H groups in total. The first-order valence-corrected chi connectivity index (χ1v) is 11.9. The fourth-order valence-electron chi connectivity index (χ4n) is 4.31. The molecule has 0 saturated carbocycles. The number of methoxy groups -OCH3 is 2. The third-order valence-electron chi connectivity index (χ3n) is 5.95. The summed E-state index contributed by atoms with van der Waals surface area (Å²) in [7, 11) is 3.30. The lowest BCUT2D eigenvalue weighted by molar-refractivity contribution is 0.0368. The van der Waals surface area contributed by atoms with Gasteiger partial charge in [-0.25, -0.2) is 4.79 Å². The molecule has 0 atom stereocenters. The van der Waals surface area contributed by atoms with Gasteiger partial charge < -0.3 is 14.2 Å². The number of rotatable bonds is 9. The maximum absolute atomic E-state index is 12.9. The van der Waals surface area contributed by atoms with Crippen LogP contribution in [-0.4, -0.2) is 61.5 Å². The van der Waals surface area contributed by atoms with Crippen LogP contribution in [0.5, 0.6) is 11.5 Å². The summed E-state index contributed by atoms with van der Waals surface area (Å²) in [6, 6.07) is 5.87. The molecule has 168 valence electrons. The number of hydrogen-bond acceptors (Lipinski definition) is 7. The van der Waals surface area contributed by atoms with Gasteiger partial charge >= 0.3 is 5.69 Å². The molecule has 1 aromatic carbocycles. The molecule has 0 radical (unpaired) electrons. The third-order valence-corrected chi connectivity index (χ3v) is 7.04. The van der Waals surface area contributed by atoms with Crippen LogP contribution in [-0.2, 0) is 29.9 Å². The van der Waals surface area contributed by atoms with E-state index in [1.54, 1.807) is 26.0 Å². The van der Waals surface area contributed by atoms with Crippen molar-refractivity contribution in [3.63, 3.8) is 0 Å². The predicted molar refractivity (Wildman–Crippen MR) is 122 cm³/mol. The van der Waals surface area contributed by atoms with Crippen molar-refractivity contribution >= 4 is 11.8 Å². The summed E-state index contributed by atoms with van der Waals surface area (Å²) < 4.78 is 18.1. The van der Waals surface area contributed by atoms with Gasteiger partial charge in [-0.15, -0.1) is 11.8 Å². The average Bonchev–Trinajstić information content (AvgIpc) is 3.29. The van der Waals surface area contributed by atoms with Gasteiger partial charge in [0.1, 0.15) is 16.5 Å². The van der Waals surface area contributed by atoms with E-state index in [0.29, 0.717) is 5.75 Å². The van der Waals surface area contributed by atoms with Gasteiger partial charge in [0.2, 0.25) is 0 Å². The molecule has 1 aliphatic carbocycles. The van der Waals surface area contributed by atoms with E-state index >= 15 is 0 Å². The van der Waals surface area contributed by atoms with Gasteiger partial charge in [-0.1, -0.05) is 0 Å². The van der Waals surface area contributed by atoms with Crippen molar-refractivity contribution in [3.05, 3.63) is 45.5 Å². The summed E-state index contributed by atoms with van der Waals surface area (Å²) in [5.74, 6) is 2.25. The predicted octanol–water partition coefficient (Wildman–Crippen LogP) is 2.76.